The Kier molecular flexibility index (Phi) is 7.77. The molecule has 8 nitrogen and oxygen atoms in total. The van der Waals surface area contributed by atoms with Gasteiger partial charge in [-0.15, -0.1) is 11.3 Å². The highest BCUT2D eigenvalue weighted by Gasteiger charge is 2.23. The number of ether oxygens (including phenoxy) is 1. The van der Waals surface area contributed by atoms with Gasteiger partial charge in [-0.25, -0.2) is 4.79 Å². The van der Waals surface area contributed by atoms with Crippen LogP contribution in [0.5, 0.6) is 0 Å². The normalized spacial score (nSPS) is 10.4. The van der Waals surface area contributed by atoms with Crippen LogP contribution in [0.2, 0.25) is 0 Å². The van der Waals surface area contributed by atoms with Crippen LogP contribution in [0.4, 0.5) is 10.7 Å². The Balaban J connectivity index is 2.36. The van der Waals surface area contributed by atoms with Crippen molar-refractivity contribution in [2.75, 3.05) is 30.0 Å². The molecule has 1 amide bonds. The highest BCUT2D eigenvalue weighted by atomic mass is 32.2. The zero-order valence-electron chi connectivity index (χ0n) is 14.6. The number of carbonyl (C=O) groups is 2. The number of amides is 1. The van der Waals surface area contributed by atoms with Crippen LogP contribution in [0.1, 0.15) is 17.3 Å². The van der Waals surface area contributed by atoms with Gasteiger partial charge >= 0.3 is 5.97 Å². The fraction of sp³-hybridized carbons (Fsp3) is 0.294. The number of nitrogens with zero attached hydrogens (tertiary/aromatic N) is 1. The van der Waals surface area contributed by atoms with Crippen LogP contribution in [-0.2, 0) is 9.53 Å². The van der Waals surface area contributed by atoms with E-state index >= 15 is 0 Å². The fourth-order valence-corrected chi connectivity index (χ4v) is 3.81. The summed E-state index contributed by atoms with van der Waals surface area (Å²) in [5.74, 6) is 0.0157. The number of thiophene rings is 1. The third kappa shape index (κ3) is 5.52. The first-order chi connectivity index (χ1) is 13.0. The lowest BCUT2D eigenvalue weighted by Crippen LogP contribution is -2.17. The molecule has 0 unspecified atom stereocenters. The zero-order valence-corrected chi connectivity index (χ0v) is 16.2. The number of nitro groups is 1. The van der Waals surface area contributed by atoms with Crippen molar-refractivity contribution in [1.82, 2.24) is 0 Å². The number of nitro benzene ring substituents is 1. The average molecular weight is 409 g/mol. The van der Waals surface area contributed by atoms with Gasteiger partial charge in [0.25, 0.3) is 5.69 Å². The van der Waals surface area contributed by atoms with E-state index in [1.807, 2.05) is 0 Å². The van der Waals surface area contributed by atoms with Crippen molar-refractivity contribution in [2.24, 2.45) is 5.73 Å². The van der Waals surface area contributed by atoms with Crippen LogP contribution in [0.3, 0.4) is 0 Å². The van der Waals surface area contributed by atoms with Gasteiger partial charge < -0.3 is 15.8 Å². The van der Waals surface area contributed by atoms with Crippen LogP contribution < -0.4 is 11.1 Å². The Morgan fingerprint density at radius 3 is 2.85 bits per heavy atom. The summed E-state index contributed by atoms with van der Waals surface area (Å²) < 4.78 is 5.11. The third-order valence-electron chi connectivity index (χ3n) is 3.39. The van der Waals surface area contributed by atoms with Gasteiger partial charge in [-0.1, -0.05) is 12.1 Å². The van der Waals surface area contributed by atoms with Crippen LogP contribution in [0.25, 0.3) is 11.1 Å². The summed E-state index contributed by atoms with van der Waals surface area (Å²) >= 11 is 2.56. The van der Waals surface area contributed by atoms with Crippen molar-refractivity contribution in [1.29, 1.82) is 0 Å². The summed E-state index contributed by atoms with van der Waals surface area (Å²) in [7, 11) is 0. The van der Waals surface area contributed by atoms with E-state index < -0.39 is 10.9 Å². The van der Waals surface area contributed by atoms with E-state index in [1.54, 1.807) is 24.4 Å². The minimum absolute atomic E-state index is 0.0859. The van der Waals surface area contributed by atoms with Crippen molar-refractivity contribution >= 4 is 45.7 Å². The number of rotatable bonds is 9. The molecule has 27 heavy (non-hydrogen) atoms. The molecule has 1 heterocycles. The number of nitrogens with one attached hydrogen (secondary N) is 1. The van der Waals surface area contributed by atoms with Crippen LogP contribution in [0.15, 0.2) is 29.6 Å². The molecule has 0 aliphatic heterocycles. The molecule has 0 saturated carbocycles. The summed E-state index contributed by atoms with van der Waals surface area (Å²) in [5.41, 5.74) is 6.49. The molecule has 1 aromatic carbocycles. The zero-order chi connectivity index (χ0) is 19.8. The summed E-state index contributed by atoms with van der Waals surface area (Å²) in [5, 5.41) is 15.8. The lowest BCUT2D eigenvalue weighted by molar-refractivity contribution is -0.384. The van der Waals surface area contributed by atoms with Gasteiger partial charge in [-0.05, 0) is 12.5 Å². The molecule has 0 saturated heterocycles. The number of thioether (sulfide) groups is 1. The molecule has 1 aromatic heterocycles. The first-order valence-electron chi connectivity index (χ1n) is 8.09. The van der Waals surface area contributed by atoms with E-state index in [0.29, 0.717) is 28.4 Å². The Morgan fingerprint density at radius 2 is 2.19 bits per heavy atom. The molecule has 10 heteroatoms. The van der Waals surface area contributed by atoms with E-state index in [-0.39, 0.29) is 29.5 Å². The van der Waals surface area contributed by atoms with Crippen LogP contribution >= 0.6 is 23.1 Å². The fourth-order valence-electron chi connectivity index (χ4n) is 2.27. The minimum atomic E-state index is -0.592. The standard InChI is InChI=1S/C17H19N3O5S2/c1-2-25-17(22)15-13(11-4-3-5-12(8-11)20(23)24)9-27-16(15)19-14(21)10-26-7-6-18/h3-5,8-9H,2,6-7,10,18H2,1H3,(H,19,21). The summed E-state index contributed by atoms with van der Waals surface area (Å²) in [6.07, 6.45) is 0. The molecule has 2 rings (SSSR count). The van der Waals surface area contributed by atoms with Crippen LogP contribution in [-0.4, -0.2) is 41.5 Å². The number of hydrogen-bond acceptors (Lipinski definition) is 8. The van der Waals surface area contributed by atoms with Gasteiger partial charge in [0, 0.05) is 35.4 Å². The van der Waals surface area contributed by atoms with Crippen molar-refractivity contribution in [3.8, 4) is 11.1 Å². The topological polar surface area (TPSA) is 125 Å². The highest BCUT2D eigenvalue weighted by Crippen LogP contribution is 2.37. The molecule has 0 aliphatic carbocycles. The summed E-state index contributed by atoms with van der Waals surface area (Å²) in [6, 6.07) is 5.97. The number of anilines is 1. The number of esters is 1. The Bertz CT molecular complexity index is 838. The van der Waals surface area contributed by atoms with Gasteiger partial charge in [-0.3, -0.25) is 14.9 Å². The molecule has 0 spiro atoms. The van der Waals surface area contributed by atoms with E-state index in [9.17, 15) is 19.7 Å². The molecule has 0 bridgehead atoms. The maximum Gasteiger partial charge on any atom is 0.341 e. The number of hydrogen-bond donors (Lipinski definition) is 2. The van der Waals surface area contributed by atoms with E-state index in [1.165, 1.54) is 35.2 Å². The lowest BCUT2D eigenvalue weighted by Gasteiger charge is -2.09. The average Bonchev–Trinajstić information content (AvgIpc) is 3.05. The largest absolute Gasteiger partial charge is 0.462 e. The van der Waals surface area contributed by atoms with E-state index in [0.717, 1.165) is 0 Å². The lowest BCUT2D eigenvalue weighted by atomic mass is 10.0. The smallest absolute Gasteiger partial charge is 0.341 e. The summed E-state index contributed by atoms with van der Waals surface area (Å²) in [4.78, 5) is 35.1. The Labute approximate surface area is 164 Å². The number of nitrogens with two attached hydrogens (primary N) is 1. The van der Waals surface area contributed by atoms with Gasteiger partial charge in [-0.2, -0.15) is 11.8 Å². The van der Waals surface area contributed by atoms with Gasteiger partial charge in [0.05, 0.1) is 17.3 Å². The van der Waals surface area contributed by atoms with Gasteiger partial charge in [0.1, 0.15) is 10.6 Å². The van der Waals surface area contributed by atoms with Crippen molar-refractivity contribution < 1.29 is 19.2 Å². The van der Waals surface area contributed by atoms with Crippen molar-refractivity contribution in [3.63, 3.8) is 0 Å². The Morgan fingerprint density at radius 1 is 1.41 bits per heavy atom. The summed E-state index contributed by atoms with van der Waals surface area (Å²) in [6.45, 7) is 2.32. The van der Waals surface area contributed by atoms with Crippen molar-refractivity contribution in [2.45, 2.75) is 6.92 Å². The molecule has 0 atom stereocenters. The molecular weight excluding hydrogens is 390 g/mol. The molecule has 0 radical (unpaired) electrons. The van der Waals surface area contributed by atoms with Crippen LogP contribution in [0, 0.1) is 10.1 Å². The third-order valence-corrected chi connectivity index (χ3v) is 5.27. The highest BCUT2D eigenvalue weighted by molar-refractivity contribution is 7.99. The first-order valence-corrected chi connectivity index (χ1v) is 10.1. The molecule has 144 valence electrons. The SMILES string of the molecule is CCOC(=O)c1c(-c2cccc([N+](=O)[O-])c2)csc1NC(=O)CSCCN. The molecule has 2 aromatic rings. The molecule has 3 N–H and O–H groups in total. The predicted molar refractivity (Wildman–Crippen MR) is 107 cm³/mol. The van der Waals surface area contributed by atoms with Gasteiger partial charge in [0.2, 0.25) is 5.91 Å². The molecule has 0 aliphatic rings. The maximum absolute atomic E-state index is 12.5. The molecule has 0 fully saturated rings. The first kappa shape index (κ1) is 20.9. The maximum atomic E-state index is 12.5. The quantitative estimate of drug-likeness (QED) is 0.282. The number of carbonyl (C=O) groups excluding carboxylic acids is 2. The van der Waals surface area contributed by atoms with Gasteiger partial charge in [0.15, 0.2) is 0 Å². The van der Waals surface area contributed by atoms with E-state index in [4.69, 9.17) is 10.5 Å². The predicted octanol–water partition coefficient (Wildman–Crippen LogP) is 3.13. The molecular formula is C17H19N3O5S2. The number of non-ortho nitro benzene ring substituents is 1. The second kappa shape index (κ2) is 10.0. The monoisotopic (exact) mass is 409 g/mol. The second-order valence-electron chi connectivity index (χ2n) is 5.27. The number of benzene rings is 1. The Hall–Kier alpha value is -2.43. The second-order valence-corrected chi connectivity index (χ2v) is 7.26. The minimum Gasteiger partial charge on any atom is -0.462 e. The van der Waals surface area contributed by atoms with E-state index in [2.05, 4.69) is 5.32 Å². The van der Waals surface area contributed by atoms with Crippen molar-refractivity contribution in [3.05, 3.63) is 45.3 Å².